The Hall–Kier alpha value is -1.07. The molecule has 0 saturated carbocycles. The van der Waals surface area contributed by atoms with Gasteiger partial charge in [0.2, 0.25) is 0 Å². The number of rotatable bonds is 8. The van der Waals surface area contributed by atoms with Gasteiger partial charge in [-0.2, -0.15) is 5.10 Å². The molecule has 2 rings (SSSR count). The van der Waals surface area contributed by atoms with Crippen molar-refractivity contribution in [2.24, 2.45) is 7.05 Å². The van der Waals surface area contributed by atoms with E-state index in [1.54, 1.807) is 6.26 Å². The molecule has 2 heterocycles. The fourth-order valence-electron chi connectivity index (χ4n) is 2.53. The van der Waals surface area contributed by atoms with Crippen LogP contribution in [0.25, 0.3) is 0 Å². The summed E-state index contributed by atoms with van der Waals surface area (Å²) in [6.45, 7) is 5.27. The van der Waals surface area contributed by atoms with Gasteiger partial charge in [0.05, 0.1) is 22.1 Å². The van der Waals surface area contributed by atoms with Gasteiger partial charge in [0.25, 0.3) is 0 Å². The van der Waals surface area contributed by atoms with E-state index in [4.69, 9.17) is 4.42 Å². The largest absolute Gasteiger partial charge is 0.469 e. The van der Waals surface area contributed by atoms with Crippen LogP contribution in [0.1, 0.15) is 36.9 Å². The molecule has 4 nitrogen and oxygen atoms in total. The van der Waals surface area contributed by atoms with Gasteiger partial charge in [-0.3, -0.25) is 4.68 Å². The van der Waals surface area contributed by atoms with Gasteiger partial charge in [0.15, 0.2) is 0 Å². The molecule has 0 aliphatic carbocycles. The second-order valence-electron chi connectivity index (χ2n) is 5.44. The minimum Gasteiger partial charge on any atom is -0.469 e. The zero-order valence-electron chi connectivity index (χ0n) is 13.0. The highest BCUT2D eigenvalue weighted by atomic mass is 79.9. The topological polar surface area (TPSA) is 43.0 Å². The van der Waals surface area contributed by atoms with Crippen LogP contribution in [-0.2, 0) is 19.9 Å². The summed E-state index contributed by atoms with van der Waals surface area (Å²) in [5.74, 6) is 1.05. The molecule has 2 aromatic heterocycles. The Labute approximate surface area is 135 Å². The van der Waals surface area contributed by atoms with Crippen molar-refractivity contribution in [3.05, 3.63) is 40.0 Å². The summed E-state index contributed by atoms with van der Waals surface area (Å²) in [5, 5.41) is 8.12. The highest BCUT2D eigenvalue weighted by molar-refractivity contribution is 9.10. The second-order valence-corrected chi connectivity index (χ2v) is 6.24. The number of furan rings is 1. The Morgan fingerprint density at radius 3 is 2.86 bits per heavy atom. The van der Waals surface area contributed by atoms with Gasteiger partial charge in [-0.1, -0.05) is 6.92 Å². The van der Waals surface area contributed by atoms with Crippen molar-refractivity contribution < 1.29 is 4.42 Å². The van der Waals surface area contributed by atoms with Crippen molar-refractivity contribution in [1.29, 1.82) is 0 Å². The number of aromatic nitrogens is 2. The Kier molecular flexibility index (Phi) is 6.06. The molecule has 21 heavy (non-hydrogen) atoms. The van der Waals surface area contributed by atoms with Crippen molar-refractivity contribution >= 4 is 15.9 Å². The van der Waals surface area contributed by atoms with Crippen molar-refractivity contribution in [3.63, 3.8) is 0 Å². The SMILES string of the molecule is CCCNC(CCc1ccco1)Cc1c(Br)c(C)nn1C. The molecule has 2 aromatic rings. The van der Waals surface area contributed by atoms with Crippen LogP contribution in [0, 0.1) is 6.92 Å². The number of nitrogens with zero attached hydrogens (tertiary/aromatic N) is 2. The lowest BCUT2D eigenvalue weighted by Crippen LogP contribution is -2.33. The maximum atomic E-state index is 5.44. The minimum absolute atomic E-state index is 0.432. The van der Waals surface area contributed by atoms with Crippen LogP contribution in [0.4, 0.5) is 0 Å². The molecule has 0 bridgehead atoms. The normalized spacial score (nSPS) is 12.8. The lowest BCUT2D eigenvalue weighted by Gasteiger charge is -2.18. The summed E-state index contributed by atoms with van der Waals surface area (Å²) < 4.78 is 8.55. The summed E-state index contributed by atoms with van der Waals surface area (Å²) in [4.78, 5) is 0. The summed E-state index contributed by atoms with van der Waals surface area (Å²) in [7, 11) is 2.01. The summed E-state index contributed by atoms with van der Waals surface area (Å²) in [6, 6.07) is 4.42. The van der Waals surface area contributed by atoms with Gasteiger partial charge in [-0.25, -0.2) is 0 Å². The van der Waals surface area contributed by atoms with E-state index in [1.807, 2.05) is 30.8 Å². The number of halogens is 1. The van der Waals surface area contributed by atoms with E-state index in [1.165, 1.54) is 5.69 Å². The molecule has 0 aromatic carbocycles. The predicted molar refractivity (Wildman–Crippen MR) is 88.5 cm³/mol. The summed E-state index contributed by atoms with van der Waals surface area (Å²) in [6.07, 6.45) is 5.87. The molecule has 5 heteroatoms. The highest BCUT2D eigenvalue weighted by Gasteiger charge is 2.16. The molecule has 0 fully saturated rings. The first-order valence-corrected chi connectivity index (χ1v) is 8.34. The third kappa shape index (κ3) is 4.45. The quantitative estimate of drug-likeness (QED) is 0.787. The Morgan fingerprint density at radius 2 is 2.29 bits per heavy atom. The van der Waals surface area contributed by atoms with Crippen LogP contribution in [0.15, 0.2) is 27.3 Å². The third-order valence-electron chi connectivity index (χ3n) is 3.70. The molecule has 1 unspecified atom stereocenters. The van der Waals surface area contributed by atoms with Crippen molar-refractivity contribution in [2.45, 2.75) is 45.6 Å². The van der Waals surface area contributed by atoms with E-state index >= 15 is 0 Å². The average Bonchev–Trinajstić information content (AvgIpc) is 3.05. The smallest absolute Gasteiger partial charge is 0.103 e. The maximum absolute atomic E-state index is 5.44. The minimum atomic E-state index is 0.432. The van der Waals surface area contributed by atoms with Gasteiger partial charge in [-0.05, 0) is 54.4 Å². The number of nitrogens with one attached hydrogen (secondary N) is 1. The van der Waals surface area contributed by atoms with E-state index in [0.717, 1.165) is 48.2 Å². The number of aryl methyl sites for hydroxylation is 3. The molecule has 0 spiro atoms. The molecule has 0 aliphatic rings. The van der Waals surface area contributed by atoms with Crippen molar-refractivity contribution in [2.75, 3.05) is 6.54 Å². The van der Waals surface area contributed by atoms with Gasteiger partial charge in [-0.15, -0.1) is 0 Å². The molecule has 0 radical (unpaired) electrons. The van der Waals surface area contributed by atoms with E-state index in [0.29, 0.717) is 6.04 Å². The second kappa shape index (κ2) is 7.80. The monoisotopic (exact) mass is 353 g/mol. The van der Waals surface area contributed by atoms with Crippen LogP contribution >= 0.6 is 15.9 Å². The van der Waals surface area contributed by atoms with Gasteiger partial charge in [0.1, 0.15) is 5.76 Å². The summed E-state index contributed by atoms with van der Waals surface area (Å²) >= 11 is 3.66. The Bertz CT molecular complexity index is 548. The Balaban J connectivity index is 2.01. The van der Waals surface area contributed by atoms with E-state index in [-0.39, 0.29) is 0 Å². The zero-order valence-corrected chi connectivity index (χ0v) is 14.6. The third-order valence-corrected chi connectivity index (χ3v) is 4.74. The lowest BCUT2D eigenvalue weighted by molar-refractivity contribution is 0.434. The first-order chi connectivity index (χ1) is 10.1. The molecule has 0 saturated heterocycles. The zero-order chi connectivity index (χ0) is 15.2. The maximum Gasteiger partial charge on any atom is 0.103 e. The van der Waals surface area contributed by atoms with Crippen LogP contribution in [0.2, 0.25) is 0 Å². The van der Waals surface area contributed by atoms with E-state index in [2.05, 4.69) is 33.3 Å². The van der Waals surface area contributed by atoms with Crippen molar-refractivity contribution in [3.8, 4) is 0 Å². The van der Waals surface area contributed by atoms with Gasteiger partial charge >= 0.3 is 0 Å². The molecule has 1 atom stereocenters. The number of hydrogen-bond acceptors (Lipinski definition) is 3. The molecule has 0 amide bonds. The van der Waals surface area contributed by atoms with Crippen LogP contribution in [-0.4, -0.2) is 22.4 Å². The Morgan fingerprint density at radius 1 is 1.48 bits per heavy atom. The first-order valence-electron chi connectivity index (χ1n) is 7.55. The van der Waals surface area contributed by atoms with E-state index < -0.39 is 0 Å². The predicted octanol–water partition coefficient (Wildman–Crippen LogP) is 3.63. The van der Waals surface area contributed by atoms with Gasteiger partial charge < -0.3 is 9.73 Å². The molecule has 116 valence electrons. The average molecular weight is 354 g/mol. The van der Waals surface area contributed by atoms with Crippen LogP contribution in [0.3, 0.4) is 0 Å². The first kappa shape index (κ1) is 16.3. The summed E-state index contributed by atoms with van der Waals surface area (Å²) in [5.41, 5.74) is 2.30. The van der Waals surface area contributed by atoms with Crippen LogP contribution in [0.5, 0.6) is 0 Å². The molecular formula is C16H24BrN3O. The highest BCUT2D eigenvalue weighted by Crippen LogP contribution is 2.22. The van der Waals surface area contributed by atoms with E-state index in [9.17, 15) is 0 Å². The number of hydrogen-bond donors (Lipinski definition) is 1. The fourth-order valence-corrected chi connectivity index (χ4v) is 3.03. The lowest BCUT2D eigenvalue weighted by atomic mass is 10.0. The molecule has 0 aliphatic heterocycles. The van der Waals surface area contributed by atoms with Crippen molar-refractivity contribution in [1.82, 2.24) is 15.1 Å². The van der Waals surface area contributed by atoms with Crippen LogP contribution < -0.4 is 5.32 Å². The fraction of sp³-hybridized carbons (Fsp3) is 0.562. The molecule has 1 N–H and O–H groups in total. The molecular weight excluding hydrogens is 330 g/mol. The standard InChI is InChI=1S/C16H24BrN3O/c1-4-9-18-13(7-8-14-6-5-10-21-14)11-15-16(17)12(2)19-20(15)3/h5-6,10,13,18H,4,7-9,11H2,1-3H3. The van der Waals surface area contributed by atoms with Gasteiger partial charge in [0, 0.05) is 25.9 Å².